The third-order valence-corrected chi connectivity index (χ3v) is 14.3. The van der Waals surface area contributed by atoms with Gasteiger partial charge in [0.2, 0.25) is 0 Å². The second-order valence-electron chi connectivity index (χ2n) is 18.2. The first-order valence-corrected chi connectivity index (χ1v) is 21.3. The van der Waals surface area contributed by atoms with Crippen molar-refractivity contribution in [2.45, 2.75) is 208 Å². The quantitative estimate of drug-likeness (QED) is 0.0753. The molecule has 0 saturated heterocycles. The van der Waals surface area contributed by atoms with Gasteiger partial charge in [0.05, 0.1) is 6.10 Å². The van der Waals surface area contributed by atoms with Crippen LogP contribution in [0.5, 0.6) is 0 Å². The predicted octanol–water partition coefficient (Wildman–Crippen LogP) is 12.9. The zero-order valence-electron chi connectivity index (χ0n) is 32.6. The fraction of sp³-hybridized carbons (Fsp3) is 0.889. The fourth-order valence-electron chi connectivity index (χ4n) is 11.4. The first kappa shape index (κ1) is 39.7. The molecule has 0 aromatic rings. The number of unbranched alkanes of at least 4 members (excludes halogenated alkanes) is 8. The molecule has 4 aliphatic rings. The molecule has 276 valence electrons. The van der Waals surface area contributed by atoms with Gasteiger partial charge >= 0.3 is 5.97 Å². The largest absolute Gasteiger partial charge is 0.462 e. The monoisotopic (exact) mass is 667 g/mol. The molecule has 0 aromatic heterocycles. The summed E-state index contributed by atoms with van der Waals surface area (Å²) in [6, 6.07) is 0. The van der Waals surface area contributed by atoms with Gasteiger partial charge in [-0.1, -0.05) is 130 Å². The van der Waals surface area contributed by atoms with Gasteiger partial charge in [0.25, 0.3) is 0 Å². The average Bonchev–Trinajstić information content (AvgIpc) is 3.41. The summed E-state index contributed by atoms with van der Waals surface area (Å²) in [5.74, 6) is 5.23. The number of hydrogen-bond donors (Lipinski definition) is 1. The van der Waals surface area contributed by atoms with Crippen molar-refractivity contribution in [2.75, 3.05) is 0 Å². The Morgan fingerprint density at radius 2 is 1.65 bits per heavy atom. The molecule has 3 fully saturated rings. The molecule has 3 nitrogen and oxygen atoms in total. The maximum atomic E-state index is 12.8. The smallest absolute Gasteiger partial charge is 0.306 e. The molecule has 1 N–H and O–H groups in total. The van der Waals surface area contributed by atoms with Crippen LogP contribution in [-0.2, 0) is 9.53 Å². The number of aliphatic hydroxyl groups excluding tert-OH is 1. The van der Waals surface area contributed by atoms with E-state index in [-0.39, 0.29) is 18.2 Å². The summed E-state index contributed by atoms with van der Waals surface area (Å²) in [5, 5.41) is 10.1. The van der Waals surface area contributed by atoms with E-state index in [0.717, 1.165) is 86.9 Å². The van der Waals surface area contributed by atoms with E-state index in [4.69, 9.17) is 4.74 Å². The molecule has 4 aliphatic carbocycles. The third-order valence-electron chi connectivity index (χ3n) is 14.3. The highest BCUT2D eigenvalue weighted by Gasteiger charge is 2.59. The van der Waals surface area contributed by atoms with Crippen molar-refractivity contribution < 1.29 is 14.6 Å². The van der Waals surface area contributed by atoms with E-state index in [0.29, 0.717) is 17.3 Å². The van der Waals surface area contributed by atoms with Crippen LogP contribution in [0.2, 0.25) is 0 Å². The van der Waals surface area contributed by atoms with Crippen LogP contribution in [0.3, 0.4) is 0 Å². The van der Waals surface area contributed by atoms with Crippen LogP contribution in [0, 0.1) is 46.3 Å². The SMILES string of the molecule is CCCCCC[C@@H](O)C/C=C\CCCCCCCC(=O)OC1CC[C@@]2(C)C(=CC[C@H]3[C@@H]4CC[C@H]([C@H](C)CCCC(C)C)[C@@]4(C)CC[C@@H]32)C1. The number of esters is 1. The van der Waals surface area contributed by atoms with Crippen LogP contribution in [0.1, 0.15) is 196 Å². The normalized spacial score (nSPS) is 32.8. The topological polar surface area (TPSA) is 46.5 Å². The minimum Gasteiger partial charge on any atom is -0.462 e. The molecule has 9 atom stereocenters. The van der Waals surface area contributed by atoms with Gasteiger partial charge in [-0.15, -0.1) is 0 Å². The number of rotatable bonds is 21. The molecule has 0 radical (unpaired) electrons. The first-order valence-electron chi connectivity index (χ1n) is 21.3. The number of fused-ring (bicyclic) bond motifs is 5. The number of carbonyl (C=O) groups is 1. The van der Waals surface area contributed by atoms with Crippen molar-refractivity contribution in [2.24, 2.45) is 46.3 Å². The second-order valence-corrected chi connectivity index (χ2v) is 18.2. The van der Waals surface area contributed by atoms with Crippen LogP contribution in [0.15, 0.2) is 23.8 Å². The molecule has 0 aliphatic heterocycles. The van der Waals surface area contributed by atoms with Crippen molar-refractivity contribution in [1.29, 1.82) is 0 Å². The third kappa shape index (κ3) is 10.7. The van der Waals surface area contributed by atoms with E-state index >= 15 is 0 Å². The van der Waals surface area contributed by atoms with E-state index in [2.05, 4.69) is 59.8 Å². The van der Waals surface area contributed by atoms with Gasteiger partial charge in [0, 0.05) is 12.8 Å². The Labute approximate surface area is 297 Å². The summed E-state index contributed by atoms with van der Waals surface area (Å²) in [5.41, 5.74) is 2.49. The number of ether oxygens (including phenoxy) is 1. The van der Waals surface area contributed by atoms with Crippen molar-refractivity contribution >= 4 is 5.97 Å². The Bertz CT molecular complexity index is 1010. The maximum Gasteiger partial charge on any atom is 0.306 e. The van der Waals surface area contributed by atoms with Crippen molar-refractivity contribution in [3.05, 3.63) is 23.8 Å². The molecule has 3 heteroatoms. The van der Waals surface area contributed by atoms with Gasteiger partial charge < -0.3 is 9.84 Å². The molecule has 48 heavy (non-hydrogen) atoms. The molecular weight excluding hydrogens is 588 g/mol. The van der Waals surface area contributed by atoms with Gasteiger partial charge in [-0.25, -0.2) is 0 Å². The lowest BCUT2D eigenvalue weighted by Crippen LogP contribution is -2.51. The highest BCUT2D eigenvalue weighted by Crippen LogP contribution is 2.67. The Morgan fingerprint density at radius 1 is 0.875 bits per heavy atom. The Hall–Kier alpha value is -1.09. The molecule has 1 unspecified atom stereocenters. The summed E-state index contributed by atoms with van der Waals surface area (Å²) in [6.45, 7) is 14.8. The molecule has 0 bridgehead atoms. The molecule has 0 spiro atoms. The van der Waals surface area contributed by atoms with E-state index < -0.39 is 0 Å². The van der Waals surface area contributed by atoms with Gasteiger partial charge in [-0.2, -0.15) is 0 Å². The first-order chi connectivity index (χ1) is 23.1. The number of carbonyl (C=O) groups excluding carboxylic acids is 1. The van der Waals surface area contributed by atoms with Crippen molar-refractivity contribution in [3.8, 4) is 0 Å². The standard InChI is InChI=1S/C45H78O3/c1-7-8-9-16-22-37(46)23-17-14-12-10-11-13-15-18-24-43(47)48-38-29-31-44(5)36(33-38)25-26-39-41-28-27-40(35(4)21-19-20-34(2)3)45(41,6)32-30-42(39)44/h14,17,25,34-35,37-42,46H,7-13,15-16,18-24,26-33H2,1-6H3/b17-14-/t35-,37-,38?,39+,40-,41+,42+,44+,45-/m1/s1. The van der Waals surface area contributed by atoms with E-state index in [9.17, 15) is 9.90 Å². The number of hydrogen-bond acceptors (Lipinski definition) is 3. The summed E-state index contributed by atoms with van der Waals surface area (Å²) in [7, 11) is 0. The zero-order valence-corrected chi connectivity index (χ0v) is 32.6. The van der Waals surface area contributed by atoms with Crippen molar-refractivity contribution in [1.82, 2.24) is 0 Å². The lowest BCUT2D eigenvalue weighted by molar-refractivity contribution is -0.151. The van der Waals surface area contributed by atoms with Crippen LogP contribution < -0.4 is 0 Å². The lowest BCUT2D eigenvalue weighted by Gasteiger charge is -2.58. The Kier molecular flexibility index (Phi) is 16.1. The average molecular weight is 667 g/mol. The Balaban J connectivity index is 1.12. The summed E-state index contributed by atoms with van der Waals surface area (Å²) < 4.78 is 6.11. The van der Waals surface area contributed by atoms with E-state index in [1.807, 2.05) is 0 Å². The Morgan fingerprint density at radius 3 is 2.44 bits per heavy atom. The van der Waals surface area contributed by atoms with Crippen LogP contribution in [0.4, 0.5) is 0 Å². The molecular formula is C45H78O3. The van der Waals surface area contributed by atoms with Gasteiger partial charge in [0.15, 0.2) is 0 Å². The molecule has 0 heterocycles. The molecule has 3 saturated carbocycles. The van der Waals surface area contributed by atoms with Crippen LogP contribution in [-0.4, -0.2) is 23.3 Å². The van der Waals surface area contributed by atoms with Crippen LogP contribution in [0.25, 0.3) is 0 Å². The van der Waals surface area contributed by atoms with Gasteiger partial charge in [-0.3, -0.25) is 4.79 Å². The molecule has 0 amide bonds. The molecule has 0 aromatic carbocycles. The van der Waals surface area contributed by atoms with Gasteiger partial charge in [0.1, 0.15) is 6.10 Å². The van der Waals surface area contributed by atoms with Gasteiger partial charge in [-0.05, 0) is 123 Å². The maximum absolute atomic E-state index is 12.8. The van der Waals surface area contributed by atoms with E-state index in [1.54, 1.807) is 5.57 Å². The summed E-state index contributed by atoms with van der Waals surface area (Å²) in [6.07, 6.45) is 35.4. The summed E-state index contributed by atoms with van der Waals surface area (Å²) >= 11 is 0. The lowest BCUT2D eigenvalue weighted by atomic mass is 9.47. The number of aliphatic hydroxyl groups is 1. The predicted molar refractivity (Wildman–Crippen MR) is 204 cm³/mol. The minimum absolute atomic E-state index is 0.0296. The highest BCUT2D eigenvalue weighted by atomic mass is 16.5. The zero-order chi connectivity index (χ0) is 34.6. The number of allylic oxidation sites excluding steroid dienone is 2. The fourth-order valence-corrected chi connectivity index (χ4v) is 11.4. The van der Waals surface area contributed by atoms with Crippen molar-refractivity contribution in [3.63, 3.8) is 0 Å². The second kappa shape index (κ2) is 19.5. The van der Waals surface area contributed by atoms with Crippen LogP contribution >= 0.6 is 0 Å². The van der Waals surface area contributed by atoms with E-state index in [1.165, 1.54) is 96.3 Å². The highest BCUT2D eigenvalue weighted by molar-refractivity contribution is 5.69. The molecule has 4 rings (SSSR count). The summed E-state index contributed by atoms with van der Waals surface area (Å²) in [4.78, 5) is 12.8. The minimum atomic E-state index is -0.172.